The summed E-state index contributed by atoms with van der Waals surface area (Å²) in [5.74, 6) is -9.21. The molecule has 1 heterocycles. The largest absolute Gasteiger partial charge is 0.423 e. The molecular formula is C19H15F5O3. The summed E-state index contributed by atoms with van der Waals surface area (Å²) < 4.78 is 78.0. The van der Waals surface area contributed by atoms with E-state index in [0.29, 0.717) is 31.1 Å². The van der Waals surface area contributed by atoms with Crippen LogP contribution in [0.4, 0.5) is 22.0 Å². The first-order chi connectivity index (χ1) is 12.8. The number of hydrogen-bond acceptors (Lipinski definition) is 3. The number of esters is 1. The molecule has 0 aliphatic carbocycles. The summed E-state index contributed by atoms with van der Waals surface area (Å²) in [6, 6.07) is 2.73. The van der Waals surface area contributed by atoms with Crippen molar-refractivity contribution in [2.75, 3.05) is 6.61 Å². The fourth-order valence-electron chi connectivity index (χ4n) is 2.87. The van der Waals surface area contributed by atoms with Gasteiger partial charge in [-0.3, -0.25) is 0 Å². The van der Waals surface area contributed by atoms with Gasteiger partial charge in [0.15, 0.2) is 17.5 Å². The molecule has 0 spiro atoms. The topological polar surface area (TPSA) is 35.5 Å². The van der Waals surface area contributed by atoms with E-state index in [1.807, 2.05) is 6.92 Å². The average molecular weight is 386 g/mol. The average Bonchev–Trinajstić information content (AvgIpc) is 2.59. The lowest BCUT2D eigenvalue weighted by Gasteiger charge is -2.27. The molecule has 1 aliphatic heterocycles. The zero-order valence-electron chi connectivity index (χ0n) is 14.2. The molecule has 0 amide bonds. The first-order valence-corrected chi connectivity index (χ1v) is 8.23. The predicted molar refractivity (Wildman–Crippen MR) is 84.7 cm³/mol. The van der Waals surface area contributed by atoms with Gasteiger partial charge < -0.3 is 9.47 Å². The lowest BCUT2D eigenvalue weighted by Crippen LogP contribution is -2.20. The number of hydrogen-bond donors (Lipinski definition) is 0. The van der Waals surface area contributed by atoms with E-state index in [-0.39, 0.29) is 5.56 Å². The Morgan fingerprint density at radius 1 is 0.963 bits per heavy atom. The molecule has 0 aromatic heterocycles. The summed E-state index contributed by atoms with van der Waals surface area (Å²) in [5, 5.41) is 0. The molecule has 1 unspecified atom stereocenters. The van der Waals surface area contributed by atoms with E-state index in [0.717, 1.165) is 18.6 Å². The number of ether oxygens (including phenoxy) is 2. The van der Waals surface area contributed by atoms with Crippen molar-refractivity contribution in [2.45, 2.75) is 25.9 Å². The molecule has 2 atom stereocenters. The fraction of sp³-hybridized carbons (Fsp3) is 0.316. The molecule has 2 aromatic rings. The Bertz CT molecular complexity index is 830. The van der Waals surface area contributed by atoms with Crippen molar-refractivity contribution in [3.63, 3.8) is 0 Å². The summed E-state index contributed by atoms with van der Waals surface area (Å²) in [6.07, 6.45) is 0.924. The molecule has 144 valence electrons. The zero-order valence-corrected chi connectivity index (χ0v) is 14.2. The second kappa shape index (κ2) is 7.64. The number of halogens is 5. The van der Waals surface area contributed by atoms with E-state index in [1.54, 1.807) is 0 Å². The smallest absolute Gasteiger partial charge is 0.349 e. The molecule has 3 nitrogen and oxygen atoms in total. The van der Waals surface area contributed by atoms with Crippen molar-refractivity contribution in [1.29, 1.82) is 0 Å². The lowest BCUT2D eigenvalue weighted by molar-refractivity contribution is -0.0126. The minimum atomic E-state index is -1.75. The third-order valence-electron chi connectivity index (χ3n) is 4.31. The van der Waals surface area contributed by atoms with E-state index in [9.17, 15) is 26.7 Å². The first kappa shape index (κ1) is 19.3. The summed E-state index contributed by atoms with van der Waals surface area (Å²) in [5.41, 5.74) is -0.777. The summed E-state index contributed by atoms with van der Waals surface area (Å²) >= 11 is 0. The summed E-state index contributed by atoms with van der Waals surface area (Å²) in [6.45, 7) is 2.46. The van der Waals surface area contributed by atoms with Crippen molar-refractivity contribution in [3.05, 3.63) is 64.5 Å². The number of carbonyl (C=O) groups excluding carboxylic acids is 1. The maximum absolute atomic E-state index is 14.3. The molecule has 2 aromatic carbocycles. The molecule has 1 aliphatic rings. The Hall–Kier alpha value is -2.48. The highest BCUT2D eigenvalue weighted by Gasteiger charge is 2.26. The van der Waals surface area contributed by atoms with E-state index < -0.39 is 52.5 Å². The number of benzene rings is 2. The minimum absolute atomic E-state index is 0.243. The third kappa shape index (κ3) is 4.10. The van der Waals surface area contributed by atoms with Crippen molar-refractivity contribution in [1.82, 2.24) is 0 Å². The van der Waals surface area contributed by atoms with Crippen LogP contribution >= 0.6 is 0 Å². The van der Waals surface area contributed by atoms with Gasteiger partial charge in [-0.2, -0.15) is 0 Å². The Balaban J connectivity index is 1.83. The maximum atomic E-state index is 14.3. The van der Waals surface area contributed by atoms with Gasteiger partial charge in [0, 0.05) is 18.7 Å². The van der Waals surface area contributed by atoms with Crippen molar-refractivity contribution >= 4 is 5.97 Å². The number of carbonyl (C=O) groups is 1. The van der Waals surface area contributed by atoms with Crippen LogP contribution in [-0.2, 0) is 4.74 Å². The van der Waals surface area contributed by atoms with Gasteiger partial charge in [0.2, 0.25) is 0 Å². The molecule has 1 saturated heterocycles. The lowest BCUT2D eigenvalue weighted by atomic mass is 9.95. The molecule has 8 heteroatoms. The van der Waals surface area contributed by atoms with E-state index in [2.05, 4.69) is 4.74 Å². The van der Waals surface area contributed by atoms with Crippen LogP contribution in [0.2, 0.25) is 0 Å². The maximum Gasteiger partial charge on any atom is 0.349 e. The highest BCUT2D eigenvalue weighted by atomic mass is 19.2. The molecule has 1 fully saturated rings. The SMILES string of the molecule is CC1CC[C@@H](c2cc(F)c(C(=O)Oc3cc(F)c(F)c(F)c3)c(F)c2)OC1. The van der Waals surface area contributed by atoms with Crippen LogP contribution in [0.5, 0.6) is 5.75 Å². The van der Waals surface area contributed by atoms with E-state index >= 15 is 0 Å². The third-order valence-corrected chi connectivity index (χ3v) is 4.31. The zero-order chi connectivity index (χ0) is 19.7. The van der Waals surface area contributed by atoms with E-state index in [4.69, 9.17) is 4.74 Å². The van der Waals surface area contributed by atoms with Gasteiger partial charge in [0.1, 0.15) is 22.9 Å². The molecule has 3 rings (SSSR count). The van der Waals surface area contributed by atoms with Crippen LogP contribution in [0.15, 0.2) is 24.3 Å². The highest BCUT2D eigenvalue weighted by Crippen LogP contribution is 2.32. The van der Waals surface area contributed by atoms with Crippen LogP contribution in [0, 0.1) is 35.0 Å². The van der Waals surface area contributed by atoms with Crippen molar-refractivity contribution < 1.29 is 36.2 Å². The second-order valence-electron chi connectivity index (χ2n) is 6.45. The normalized spacial score (nSPS) is 19.8. The summed E-state index contributed by atoms with van der Waals surface area (Å²) in [7, 11) is 0. The van der Waals surface area contributed by atoms with Crippen LogP contribution in [0.3, 0.4) is 0 Å². The number of rotatable bonds is 3. The monoisotopic (exact) mass is 386 g/mol. The quantitative estimate of drug-likeness (QED) is 0.319. The van der Waals surface area contributed by atoms with Gasteiger partial charge >= 0.3 is 5.97 Å². The first-order valence-electron chi connectivity index (χ1n) is 8.23. The minimum Gasteiger partial charge on any atom is -0.423 e. The highest BCUT2D eigenvalue weighted by molar-refractivity contribution is 5.91. The van der Waals surface area contributed by atoms with Crippen LogP contribution in [-0.4, -0.2) is 12.6 Å². The van der Waals surface area contributed by atoms with Gasteiger partial charge in [0.05, 0.1) is 6.10 Å². The van der Waals surface area contributed by atoms with Gasteiger partial charge in [0.25, 0.3) is 0 Å². The van der Waals surface area contributed by atoms with Crippen molar-refractivity contribution in [3.8, 4) is 5.75 Å². The second-order valence-corrected chi connectivity index (χ2v) is 6.45. The Kier molecular flexibility index (Phi) is 5.46. The van der Waals surface area contributed by atoms with Crippen LogP contribution in [0.25, 0.3) is 0 Å². The molecule has 0 N–H and O–H groups in total. The van der Waals surface area contributed by atoms with Crippen molar-refractivity contribution in [2.24, 2.45) is 5.92 Å². The van der Waals surface area contributed by atoms with Crippen LogP contribution < -0.4 is 4.74 Å². The summed E-state index contributed by atoms with van der Waals surface area (Å²) in [4.78, 5) is 12.0. The molecule has 0 saturated carbocycles. The fourth-order valence-corrected chi connectivity index (χ4v) is 2.87. The van der Waals surface area contributed by atoms with Gasteiger partial charge in [-0.05, 0) is 36.5 Å². The predicted octanol–water partition coefficient (Wildman–Crippen LogP) is 5.09. The Morgan fingerprint density at radius 2 is 1.56 bits per heavy atom. The molecule has 0 radical (unpaired) electrons. The molecule has 27 heavy (non-hydrogen) atoms. The van der Waals surface area contributed by atoms with Gasteiger partial charge in [-0.15, -0.1) is 0 Å². The van der Waals surface area contributed by atoms with Gasteiger partial charge in [-0.25, -0.2) is 26.7 Å². The molecular weight excluding hydrogens is 371 g/mol. The Labute approximate surface area is 151 Å². The molecule has 0 bridgehead atoms. The Morgan fingerprint density at radius 3 is 2.07 bits per heavy atom. The van der Waals surface area contributed by atoms with Gasteiger partial charge in [-0.1, -0.05) is 6.92 Å². The van der Waals surface area contributed by atoms with Crippen LogP contribution in [0.1, 0.15) is 41.8 Å². The van der Waals surface area contributed by atoms with E-state index in [1.165, 1.54) is 0 Å². The standard InChI is InChI=1S/C19H15F5O3/c1-9-2-3-16(26-8-9)10-4-12(20)17(13(21)5-10)19(25)27-11-6-14(22)18(24)15(23)7-11/h4-7,9,16H,2-3,8H2,1H3/t9?,16-/m0/s1.